The molecule has 3 rings (SSSR count). The van der Waals surface area contributed by atoms with Crippen LogP contribution in [-0.4, -0.2) is 54.1 Å². The van der Waals surface area contributed by atoms with Gasteiger partial charge in [-0.1, -0.05) is 0 Å². The van der Waals surface area contributed by atoms with Gasteiger partial charge in [0.1, 0.15) is 5.75 Å². The summed E-state index contributed by atoms with van der Waals surface area (Å²) in [6.45, 7) is 2.35. The van der Waals surface area contributed by atoms with Crippen molar-refractivity contribution in [2.75, 3.05) is 27.4 Å². The van der Waals surface area contributed by atoms with Crippen LogP contribution in [0.25, 0.3) is 0 Å². The number of aryl methyl sites for hydroxylation is 1. The molecule has 1 aliphatic rings. The van der Waals surface area contributed by atoms with Crippen LogP contribution >= 0.6 is 0 Å². The van der Waals surface area contributed by atoms with E-state index >= 15 is 0 Å². The standard InChI is InChI=1S/C21H22N2O5/c1-13-12-15(4-5-16(13)28-3)19(24)17-18(14-6-8-22-9-7-14)23(10-11-27-2)21(26)20(17)25/h4-9,12,18,25H,10-11H2,1-3H3. The lowest BCUT2D eigenvalue weighted by Gasteiger charge is -2.26. The molecule has 2 aromatic rings. The van der Waals surface area contributed by atoms with Gasteiger partial charge in [-0.05, 0) is 48.4 Å². The zero-order valence-corrected chi connectivity index (χ0v) is 16.0. The molecule has 0 saturated carbocycles. The molecule has 0 fully saturated rings. The summed E-state index contributed by atoms with van der Waals surface area (Å²) < 4.78 is 10.3. The SMILES string of the molecule is COCCN1C(=O)C(O)=C(C(=O)c2ccc(OC)c(C)c2)C1c1ccncc1. The number of ketones is 1. The zero-order chi connectivity index (χ0) is 20.3. The Bertz CT molecular complexity index is 924. The van der Waals surface area contributed by atoms with Crippen LogP contribution in [0.3, 0.4) is 0 Å². The maximum Gasteiger partial charge on any atom is 0.290 e. The van der Waals surface area contributed by atoms with Gasteiger partial charge in [-0.3, -0.25) is 14.6 Å². The number of benzene rings is 1. The highest BCUT2D eigenvalue weighted by Gasteiger charge is 2.43. The zero-order valence-electron chi connectivity index (χ0n) is 16.0. The minimum absolute atomic E-state index is 0.0527. The van der Waals surface area contributed by atoms with Crippen molar-refractivity contribution in [3.05, 3.63) is 70.7 Å². The Hall–Kier alpha value is -3.19. The summed E-state index contributed by atoms with van der Waals surface area (Å²) in [5, 5.41) is 10.5. The van der Waals surface area contributed by atoms with Crippen LogP contribution in [-0.2, 0) is 9.53 Å². The van der Waals surface area contributed by atoms with Crippen molar-refractivity contribution in [3.63, 3.8) is 0 Å². The first kappa shape index (κ1) is 19.6. The summed E-state index contributed by atoms with van der Waals surface area (Å²) in [7, 11) is 3.09. The quantitative estimate of drug-likeness (QED) is 0.741. The molecule has 0 spiro atoms. The number of hydrogen-bond donors (Lipinski definition) is 1. The maximum atomic E-state index is 13.3. The monoisotopic (exact) mass is 382 g/mol. The van der Waals surface area contributed by atoms with Gasteiger partial charge in [0.15, 0.2) is 11.5 Å². The number of amides is 1. The van der Waals surface area contributed by atoms with Crippen LogP contribution < -0.4 is 4.74 Å². The first-order valence-corrected chi connectivity index (χ1v) is 8.81. The second-order valence-corrected chi connectivity index (χ2v) is 6.45. The molecule has 7 nitrogen and oxygen atoms in total. The predicted molar refractivity (Wildman–Crippen MR) is 102 cm³/mol. The molecule has 0 bridgehead atoms. The predicted octanol–water partition coefficient (Wildman–Crippen LogP) is 2.62. The lowest BCUT2D eigenvalue weighted by atomic mass is 9.92. The van der Waals surface area contributed by atoms with Crippen molar-refractivity contribution in [2.45, 2.75) is 13.0 Å². The van der Waals surface area contributed by atoms with E-state index in [9.17, 15) is 14.7 Å². The molecule has 1 atom stereocenters. The molecule has 1 amide bonds. The molecule has 2 heterocycles. The molecule has 28 heavy (non-hydrogen) atoms. The summed E-state index contributed by atoms with van der Waals surface area (Å²) >= 11 is 0. The van der Waals surface area contributed by atoms with Crippen LogP contribution in [0, 0.1) is 6.92 Å². The fourth-order valence-corrected chi connectivity index (χ4v) is 3.37. The van der Waals surface area contributed by atoms with E-state index < -0.39 is 23.5 Å². The summed E-state index contributed by atoms with van der Waals surface area (Å²) in [5.74, 6) is -0.869. The normalized spacial score (nSPS) is 16.6. The van der Waals surface area contributed by atoms with Crippen molar-refractivity contribution < 1.29 is 24.2 Å². The van der Waals surface area contributed by atoms with E-state index in [-0.39, 0.29) is 18.7 Å². The molecular weight excluding hydrogens is 360 g/mol. The van der Waals surface area contributed by atoms with Crippen molar-refractivity contribution in [3.8, 4) is 5.75 Å². The Balaban J connectivity index is 2.06. The number of nitrogens with zero attached hydrogens (tertiary/aromatic N) is 2. The van der Waals surface area contributed by atoms with Gasteiger partial charge in [0.25, 0.3) is 5.91 Å². The van der Waals surface area contributed by atoms with E-state index in [2.05, 4.69) is 4.98 Å². The van der Waals surface area contributed by atoms with Crippen molar-refractivity contribution in [1.82, 2.24) is 9.88 Å². The minimum atomic E-state index is -0.708. The molecular formula is C21H22N2O5. The number of aromatic nitrogens is 1. The van der Waals surface area contributed by atoms with E-state index in [0.29, 0.717) is 16.9 Å². The molecule has 1 unspecified atom stereocenters. The topological polar surface area (TPSA) is 89.0 Å². The highest BCUT2D eigenvalue weighted by molar-refractivity contribution is 6.16. The summed E-state index contributed by atoms with van der Waals surface area (Å²) in [5.41, 5.74) is 1.91. The van der Waals surface area contributed by atoms with Crippen LogP contribution in [0.4, 0.5) is 0 Å². The van der Waals surface area contributed by atoms with Crippen molar-refractivity contribution in [1.29, 1.82) is 0 Å². The Labute approximate surface area is 163 Å². The number of aliphatic hydroxyl groups excluding tert-OH is 1. The number of aliphatic hydroxyl groups is 1. The van der Waals surface area contributed by atoms with Gasteiger partial charge in [-0.15, -0.1) is 0 Å². The van der Waals surface area contributed by atoms with Crippen LogP contribution in [0.15, 0.2) is 54.1 Å². The first-order valence-electron chi connectivity index (χ1n) is 8.81. The Morgan fingerprint density at radius 2 is 1.93 bits per heavy atom. The average molecular weight is 382 g/mol. The average Bonchev–Trinajstić information content (AvgIpc) is 2.97. The van der Waals surface area contributed by atoms with Crippen LogP contribution in [0.5, 0.6) is 5.75 Å². The lowest BCUT2D eigenvalue weighted by Crippen LogP contribution is -2.34. The summed E-state index contributed by atoms with van der Waals surface area (Å²) in [4.78, 5) is 31.4. The van der Waals surface area contributed by atoms with Gasteiger partial charge in [0.05, 0.1) is 25.3 Å². The van der Waals surface area contributed by atoms with Crippen LogP contribution in [0.1, 0.15) is 27.5 Å². The Kier molecular flexibility index (Phi) is 5.75. The Morgan fingerprint density at radius 1 is 1.21 bits per heavy atom. The van der Waals surface area contributed by atoms with E-state index in [1.54, 1.807) is 49.8 Å². The van der Waals surface area contributed by atoms with Crippen molar-refractivity contribution >= 4 is 11.7 Å². The number of methoxy groups -OCH3 is 2. The molecule has 7 heteroatoms. The Morgan fingerprint density at radius 3 is 2.54 bits per heavy atom. The fourth-order valence-electron chi connectivity index (χ4n) is 3.37. The van der Waals surface area contributed by atoms with Gasteiger partial charge in [-0.25, -0.2) is 0 Å². The highest BCUT2D eigenvalue weighted by atomic mass is 16.5. The molecule has 0 saturated heterocycles. The number of carbonyl (C=O) groups excluding carboxylic acids is 2. The first-order chi connectivity index (χ1) is 13.5. The number of pyridine rings is 1. The van der Waals surface area contributed by atoms with Gasteiger partial charge in [0.2, 0.25) is 0 Å². The van der Waals surface area contributed by atoms with Crippen molar-refractivity contribution in [2.24, 2.45) is 0 Å². The maximum absolute atomic E-state index is 13.3. The number of Topliss-reactive ketones (excluding diaryl/α,β-unsaturated/α-hetero) is 1. The third-order valence-corrected chi connectivity index (χ3v) is 4.76. The van der Waals surface area contributed by atoms with Crippen LogP contribution in [0.2, 0.25) is 0 Å². The molecule has 0 radical (unpaired) electrons. The number of hydrogen-bond acceptors (Lipinski definition) is 6. The van der Waals surface area contributed by atoms with Gasteiger partial charge in [0, 0.05) is 31.6 Å². The number of rotatable bonds is 7. The fraction of sp³-hybridized carbons (Fsp3) is 0.286. The second kappa shape index (κ2) is 8.22. The summed E-state index contributed by atoms with van der Waals surface area (Å²) in [6, 6.07) is 7.75. The van der Waals surface area contributed by atoms with Gasteiger partial charge < -0.3 is 19.5 Å². The van der Waals surface area contributed by atoms with Gasteiger partial charge in [-0.2, -0.15) is 0 Å². The molecule has 1 aliphatic heterocycles. The van der Waals surface area contributed by atoms with E-state index in [4.69, 9.17) is 9.47 Å². The highest BCUT2D eigenvalue weighted by Crippen LogP contribution is 2.38. The van der Waals surface area contributed by atoms with E-state index in [1.165, 1.54) is 12.0 Å². The second-order valence-electron chi connectivity index (χ2n) is 6.45. The molecule has 0 aliphatic carbocycles. The minimum Gasteiger partial charge on any atom is -0.503 e. The number of carbonyl (C=O) groups is 2. The lowest BCUT2D eigenvalue weighted by molar-refractivity contribution is -0.130. The van der Waals surface area contributed by atoms with E-state index in [1.807, 2.05) is 6.92 Å². The third-order valence-electron chi connectivity index (χ3n) is 4.76. The number of ether oxygens (including phenoxy) is 2. The summed E-state index contributed by atoms with van der Waals surface area (Å²) in [6.07, 6.45) is 3.17. The largest absolute Gasteiger partial charge is 0.503 e. The molecule has 1 N–H and O–H groups in total. The smallest absolute Gasteiger partial charge is 0.290 e. The molecule has 146 valence electrons. The third kappa shape index (κ3) is 3.48. The van der Waals surface area contributed by atoms with Gasteiger partial charge >= 0.3 is 0 Å². The van der Waals surface area contributed by atoms with E-state index in [0.717, 1.165) is 5.56 Å². The molecule has 1 aromatic carbocycles. The molecule has 1 aromatic heterocycles.